The van der Waals surface area contributed by atoms with Crippen molar-refractivity contribution in [1.82, 2.24) is 0 Å². The molecule has 1 aliphatic heterocycles. The lowest BCUT2D eigenvalue weighted by Crippen LogP contribution is -2.17. The van der Waals surface area contributed by atoms with Crippen LogP contribution in [0.3, 0.4) is 0 Å². The standard InChI is InChI=1S/C11H12O5/c1-7(12)16-11(13)5-8-2-3-9-10(4-8)15-6-14-9/h2-4,11,13H,5-6H2,1H3. The molecule has 0 aliphatic carbocycles. The third-order valence-electron chi connectivity index (χ3n) is 2.15. The molecule has 1 aromatic rings. The molecule has 2 rings (SSSR count). The molecule has 0 aromatic heterocycles. The van der Waals surface area contributed by atoms with Crippen LogP contribution in [0.25, 0.3) is 0 Å². The van der Waals surface area contributed by atoms with Gasteiger partial charge in [-0.1, -0.05) is 6.07 Å². The molecule has 86 valence electrons. The Labute approximate surface area is 92.5 Å². The molecule has 0 spiro atoms. The topological polar surface area (TPSA) is 65.0 Å². The van der Waals surface area contributed by atoms with Crippen LogP contribution in [-0.4, -0.2) is 24.2 Å². The third-order valence-corrected chi connectivity index (χ3v) is 2.15. The lowest BCUT2D eigenvalue weighted by molar-refractivity contribution is -0.164. The van der Waals surface area contributed by atoms with Gasteiger partial charge in [0.05, 0.1) is 0 Å². The Balaban J connectivity index is 2.02. The van der Waals surface area contributed by atoms with Gasteiger partial charge in [0.15, 0.2) is 11.5 Å². The van der Waals surface area contributed by atoms with Crippen molar-refractivity contribution in [1.29, 1.82) is 0 Å². The number of fused-ring (bicyclic) bond motifs is 1. The minimum Gasteiger partial charge on any atom is -0.454 e. The minimum absolute atomic E-state index is 0.214. The molecule has 5 nitrogen and oxygen atoms in total. The molecule has 0 fully saturated rings. The number of esters is 1. The van der Waals surface area contributed by atoms with Crippen LogP contribution in [0.5, 0.6) is 11.5 Å². The quantitative estimate of drug-likeness (QED) is 0.608. The second-order valence-electron chi connectivity index (χ2n) is 3.46. The van der Waals surface area contributed by atoms with Crippen molar-refractivity contribution < 1.29 is 24.1 Å². The number of benzene rings is 1. The van der Waals surface area contributed by atoms with Crippen LogP contribution in [0, 0.1) is 0 Å². The summed E-state index contributed by atoms with van der Waals surface area (Å²) in [5.41, 5.74) is 0.818. The van der Waals surface area contributed by atoms with E-state index in [1.54, 1.807) is 18.2 Å². The SMILES string of the molecule is CC(=O)OC(O)Cc1ccc2c(c1)OCO2. The van der Waals surface area contributed by atoms with Crippen LogP contribution >= 0.6 is 0 Å². The predicted octanol–water partition coefficient (Wildman–Crippen LogP) is 0.839. The molecule has 16 heavy (non-hydrogen) atoms. The fraction of sp³-hybridized carbons (Fsp3) is 0.364. The van der Waals surface area contributed by atoms with Gasteiger partial charge >= 0.3 is 5.97 Å². The van der Waals surface area contributed by atoms with Gasteiger partial charge in [0.1, 0.15) is 0 Å². The van der Waals surface area contributed by atoms with Gasteiger partial charge in [0.2, 0.25) is 13.1 Å². The molecular formula is C11H12O5. The number of ether oxygens (including phenoxy) is 3. The van der Waals surface area contributed by atoms with Gasteiger partial charge in [-0.05, 0) is 17.7 Å². The number of hydrogen-bond donors (Lipinski definition) is 1. The van der Waals surface area contributed by atoms with E-state index < -0.39 is 12.3 Å². The van der Waals surface area contributed by atoms with E-state index in [1.807, 2.05) is 0 Å². The summed E-state index contributed by atoms with van der Waals surface area (Å²) in [5, 5.41) is 9.41. The number of carbonyl (C=O) groups is 1. The van der Waals surface area contributed by atoms with E-state index in [4.69, 9.17) is 9.47 Å². The summed E-state index contributed by atoms with van der Waals surface area (Å²) in [6.07, 6.45) is -0.895. The van der Waals surface area contributed by atoms with Crippen molar-refractivity contribution in [2.45, 2.75) is 19.6 Å². The summed E-state index contributed by atoms with van der Waals surface area (Å²) in [6.45, 7) is 1.47. The molecule has 5 heteroatoms. The molecule has 1 aromatic carbocycles. The first-order valence-electron chi connectivity index (χ1n) is 4.89. The van der Waals surface area contributed by atoms with E-state index in [2.05, 4.69) is 4.74 Å². The Kier molecular flexibility index (Phi) is 2.96. The Hall–Kier alpha value is -1.75. The molecule has 1 unspecified atom stereocenters. The molecule has 0 bridgehead atoms. The normalized spacial score (nSPS) is 14.6. The summed E-state index contributed by atoms with van der Waals surface area (Å²) in [7, 11) is 0. The Morgan fingerprint density at radius 3 is 3.00 bits per heavy atom. The first kappa shape index (κ1) is 10.8. The summed E-state index contributed by atoms with van der Waals surface area (Å²) in [6, 6.07) is 5.31. The number of carbonyl (C=O) groups excluding carboxylic acids is 1. The van der Waals surface area contributed by atoms with Gasteiger partial charge in [-0.25, -0.2) is 0 Å². The smallest absolute Gasteiger partial charge is 0.304 e. The van der Waals surface area contributed by atoms with Gasteiger partial charge in [-0.15, -0.1) is 0 Å². The van der Waals surface area contributed by atoms with E-state index in [0.29, 0.717) is 11.5 Å². The molecule has 1 atom stereocenters. The highest BCUT2D eigenvalue weighted by Crippen LogP contribution is 2.32. The lowest BCUT2D eigenvalue weighted by atomic mass is 10.1. The highest BCUT2D eigenvalue weighted by molar-refractivity contribution is 5.66. The van der Waals surface area contributed by atoms with Crippen molar-refractivity contribution >= 4 is 5.97 Å². The zero-order valence-electron chi connectivity index (χ0n) is 8.80. The van der Waals surface area contributed by atoms with E-state index in [-0.39, 0.29) is 13.2 Å². The number of aliphatic hydroxyl groups excluding tert-OH is 1. The van der Waals surface area contributed by atoms with Gasteiger partial charge in [0, 0.05) is 13.3 Å². The third kappa shape index (κ3) is 2.43. The Morgan fingerprint density at radius 1 is 1.50 bits per heavy atom. The fourth-order valence-corrected chi connectivity index (χ4v) is 1.50. The fourth-order valence-electron chi connectivity index (χ4n) is 1.50. The van der Waals surface area contributed by atoms with Gasteiger partial charge in [-0.2, -0.15) is 0 Å². The molecule has 0 amide bonds. The van der Waals surface area contributed by atoms with E-state index in [9.17, 15) is 9.90 Å². The van der Waals surface area contributed by atoms with Gasteiger partial charge in [0.25, 0.3) is 0 Å². The average Bonchev–Trinajstić information content (AvgIpc) is 2.63. The van der Waals surface area contributed by atoms with Crippen molar-refractivity contribution in [2.24, 2.45) is 0 Å². The zero-order valence-corrected chi connectivity index (χ0v) is 8.80. The van der Waals surface area contributed by atoms with Crippen molar-refractivity contribution in [3.63, 3.8) is 0 Å². The number of rotatable bonds is 3. The summed E-state index contributed by atoms with van der Waals surface area (Å²) in [4.78, 5) is 10.6. The molecule has 1 N–H and O–H groups in total. The molecule has 1 aliphatic rings. The van der Waals surface area contributed by atoms with Crippen LogP contribution < -0.4 is 9.47 Å². The van der Waals surface area contributed by atoms with Crippen LogP contribution in [-0.2, 0) is 16.0 Å². The molecular weight excluding hydrogens is 212 g/mol. The number of hydrogen-bond acceptors (Lipinski definition) is 5. The highest BCUT2D eigenvalue weighted by atomic mass is 16.7. The zero-order chi connectivity index (χ0) is 11.5. The lowest BCUT2D eigenvalue weighted by Gasteiger charge is -2.10. The molecule has 1 heterocycles. The summed E-state index contributed by atoms with van der Waals surface area (Å²) >= 11 is 0. The van der Waals surface area contributed by atoms with Crippen LogP contribution in [0.2, 0.25) is 0 Å². The van der Waals surface area contributed by atoms with E-state index in [1.165, 1.54) is 6.92 Å². The number of aliphatic hydroxyl groups is 1. The molecule has 0 saturated heterocycles. The van der Waals surface area contributed by atoms with Crippen molar-refractivity contribution in [3.05, 3.63) is 23.8 Å². The maximum atomic E-state index is 10.6. The van der Waals surface area contributed by atoms with Gasteiger partial charge in [-0.3, -0.25) is 4.79 Å². The van der Waals surface area contributed by atoms with E-state index in [0.717, 1.165) is 5.56 Å². The Morgan fingerprint density at radius 2 is 2.25 bits per heavy atom. The van der Waals surface area contributed by atoms with Gasteiger partial charge < -0.3 is 19.3 Å². The average molecular weight is 224 g/mol. The monoisotopic (exact) mass is 224 g/mol. The second kappa shape index (κ2) is 4.40. The summed E-state index contributed by atoms with van der Waals surface area (Å²) < 4.78 is 15.0. The first-order chi connectivity index (χ1) is 7.65. The van der Waals surface area contributed by atoms with Crippen LogP contribution in [0.1, 0.15) is 12.5 Å². The van der Waals surface area contributed by atoms with Crippen molar-refractivity contribution in [3.8, 4) is 11.5 Å². The Bertz CT molecular complexity index is 401. The van der Waals surface area contributed by atoms with E-state index >= 15 is 0 Å². The second-order valence-corrected chi connectivity index (χ2v) is 3.46. The first-order valence-corrected chi connectivity index (χ1v) is 4.89. The predicted molar refractivity (Wildman–Crippen MR) is 54.0 cm³/mol. The van der Waals surface area contributed by atoms with Crippen molar-refractivity contribution in [2.75, 3.05) is 6.79 Å². The minimum atomic E-state index is -1.13. The largest absolute Gasteiger partial charge is 0.454 e. The maximum Gasteiger partial charge on any atom is 0.304 e. The summed E-state index contributed by atoms with van der Waals surface area (Å²) in [5.74, 6) is 0.825. The molecule has 0 radical (unpaired) electrons. The molecule has 0 saturated carbocycles. The van der Waals surface area contributed by atoms with Crippen LogP contribution in [0.15, 0.2) is 18.2 Å². The highest BCUT2D eigenvalue weighted by Gasteiger charge is 2.15. The van der Waals surface area contributed by atoms with Crippen LogP contribution in [0.4, 0.5) is 0 Å². The maximum absolute atomic E-state index is 10.6.